The molecule has 0 saturated heterocycles. The first kappa shape index (κ1) is 17.8. The van der Waals surface area contributed by atoms with E-state index in [1.54, 1.807) is 23.3 Å². The average Bonchev–Trinajstić information content (AvgIpc) is 3.15. The van der Waals surface area contributed by atoms with E-state index in [1.165, 1.54) is 11.3 Å². The molecule has 0 aliphatic rings. The Morgan fingerprint density at radius 2 is 2.24 bits per heavy atom. The fraction of sp³-hybridized carbons (Fsp3) is 0.353. The first-order valence-electron chi connectivity index (χ1n) is 8.07. The zero-order valence-electron chi connectivity index (χ0n) is 13.9. The van der Waals surface area contributed by atoms with Crippen LogP contribution in [-0.2, 0) is 22.5 Å². The average molecular weight is 377 g/mol. The van der Waals surface area contributed by atoms with Gasteiger partial charge in [-0.25, -0.2) is 9.78 Å². The molecule has 0 spiro atoms. The summed E-state index contributed by atoms with van der Waals surface area (Å²) < 4.78 is 7.63. The third-order valence-electron chi connectivity index (χ3n) is 3.59. The molecule has 0 bridgehead atoms. The Hall–Kier alpha value is -2.06. The molecule has 0 unspecified atom stereocenters. The molecule has 1 N–H and O–H groups in total. The number of imidazole rings is 1. The summed E-state index contributed by atoms with van der Waals surface area (Å²) in [4.78, 5) is 30.8. The number of carbonyl (C=O) groups is 1. The third kappa shape index (κ3) is 4.52. The first-order chi connectivity index (χ1) is 12.2. The molecule has 2 aromatic heterocycles. The number of aromatic amines is 1. The molecule has 0 aliphatic carbocycles. The first-order valence-corrected chi connectivity index (χ1v) is 9.94. The van der Waals surface area contributed by atoms with Crippen molar-refractivity contribution in [3.8, 4) is 0 Å². The Labute approximate surface area is 153 Å². The van der Waals surface area contributed by atoms with E-state index in [2.05, 4.69) is 9.97 Å². The van der Waals surface area contributed by atoms with Crippen molar-refractivity contribution in [1.82, 2.24) is 14.5 Å². The van der Waals surface area contributed by atoms with Gasteiger partial charge in [0, 0.05) is 17.7 Å². The molecule has 25 heavy (non-hydrogen) atoms. The summed E-state index contributed by atoms with van der Waals surface area (Å²) in [7, 11) is 0. The lowest BCUT2D eigenvalue weighted by Crippen LogP contribution is -2.17. The number of benzene rings is 1. The number of rotatable bonds is 8. The van der Waals surface area contributed by atoms with Gasteiger partial charge in [0.25, 0.3) is 0 Å². The molecule has 2 heterocycles. The number of carbonyl (C=O) groups excluding carboxylic acids is 1. The van der Waals surface area contributed by atoms with E-state index in [0.29, 0.717) is 13.2 Å². The normalized spacial score (nSPS) is 11.1. The predicted octanol–water partition coefficient (Wildman–Crippen LogP) is 3.07. The second kappa shape index (κ2) is 8.35. The van der Waals surface area contributed by atoms with Crippen molar-refractivity contribution in [3.63, 3.8) is 0 Å². The van der Waals surface area contributed by atoms with E-state index in [9.17, 15) is 9.59 Å². The smallest absolute Gasteiger partial charge is 0.326 e. The zero-order chi connectivity index (χ0) is 17.6. The van der Waals surface area contributed by atoms with Crippen molar-refractivity contribution >= 4 is 40.1 Å². The molecule has 0 atom stereocenters. The molecule has 1 aromatic carbocycles. The van der Waals surface area contributed by atoms with Gasteiger partial charge in [-0.2, -0.15) is 0 Å². The number of ether oxygens (including phenoxy) is 1. The van der Waals surface area contributed by atoms with Gasteiger partial charge in [-0.05, 0) is 25.5 Å². The molecule has 0 radical (unpaired) electrons. The van der Waals surface area contributed by atoms with Crippen LogP contribution in [0.25, 0.3) is 11.0 Å². The molecule has 0 fully saturated rings. The number of fused-ring (bicyclic) bond motifs is 1. The number of thiazole rings is 1. The molecule has 0 aliphatic heterocycles. The van der Waals surface area contributed by atoms with Gasteiger partial charge in [0.2, 0.25) is 0 Å². The van der Waals surface area contributed by atoms with Crippen LogP contribution in [0.15, 0.2) is 38.8 Å². The molecule has 0 amide bonds. The number of aryl methyl sites for hydroxylation is 1. The number of hydrogen-bond donors (Lipinski definition) is 1. The number of H-pyrrole nitrogens is 1. The van der Waals surface area contributed by atoms with Gasteiger partial charge in [0.05, 0.1) is 29.8 Å². The van der Waals surface area contributed by atoms with Gasteiger partial charge in [-0.3, -0.25) is 9.36 Å². The largest absolute Gasteiger partial charge is 0.466 e. The van der Waals surface area contributed by atoms with Crippen LogP contribution in [0.2, 0.25) is 0 Å². The fourth-order valence-corrected chi connectivity index (χ4v) is 4.35. The Morgan fingerprint density at radius 3 is 3.08 bits per heavy atom. The Balaban J connectivity index is 1.50. The maximum Gasteiger partial charge on any atom is 0.326 e. The van der Waals surface area contributed by atoms with Crippen LogP contribution in [0.1, 0.15) is 19.0 Å². The van der Waals surface area contributed by atoms with Crippen molar-refractivity contribution in [1.29, 1.82) is 0 Å². The number of esters is 1. The summed E-state index contributed by atoms with van der Waals surface area (Å²) in [6.45, 7) is 2.84. The second-order valence-corrected chi connectivity index (χ2v) is 7.59. The minimum atomic E-state index is -0.247. The lowest BCUT2D eigenvalue weighted by Gasteiger charge is -2.02. The van der Waals surface area contributed by atoms with Crippen LogP contribution < -0.4 is 5.69 Å². The summed E-state index contributed by atoms with van der Waals surface area (Å²) >= 11 is 3.18. The topological polar surface area (TPSA) is 77.0 Å². The van der Waals surface area contributed by atoms with E-state index >= 15 is 0 Å². The predicted molar refractivity (Wildman–Crippen MR) is 100 cm³/mol. The van der Waals surface area contributed by atoms with E-state index < -0.39 is 0 Å². The van der Waals surface area contributed by atoms with Crippen LogP contribution in [0.5, 0.6) is 0 Å². The van der Waals surface area contributed by atoms with Gasteiger partial charge in [0.15, 0.2) is 0 Å². The molecule has 8 heteroatoms. The van der Waals surface area contributed by atoms with Gasteiger partial charge in [-0.15, -0.1) is 11.3 Å². The van der Waals surface area contributed by atoms with Gasteiger partial charge < -0.3 is 9.72 Å². The molecular formula is C17H19N3O3S2. The van der Waals surface area contributed by atoms with Crippen molar-refractivity contribution in [2.75, 3.05) is 12.4 Å². The summed E-state index contributed by atoms with van der Waals surface area (Å²) in [5.41, 5.74) is 2.48. The monoisotopic (exact) mass is 377 g/mol. The summed E-state index contributed by atoms with van der Waals surface area (Å²) in [6.07, 6.45) is 1.08. The Morgan fingerprint density at radius 1 is 1.40 bits per heavy atom. The number of aromatic nitrogens is 3. The summed E-state index contributed by atoms with van der Waals surface area (Å²) in [6, 6.07) is 7.70. The third-order valence-corrected chi connectivity index (χ3v) is 5.75. The number of thioether (sulfide) groups is 1. The van der Waals surface area contributed by atoms with E-state index in [0.717, 1.165) is 33.2 Å². The minimum Gasteiger partial charge on any atom is -0.466 e. The summed E-state index contributed by atoms with van der Waals surface area (Å²) in [5.74, 6) is 0.612. The Bertz CT molecular complexity index is 913. The number of para-hydroxylation sites is 2. The number of nitrogens with zero attached hydrogens (tertiary/aromatic N) is 2. The summed E-state index contributed by atoms with van der Waals surface area (Å²) in [5, 5.41) is 1.89. The molecular weight excluding hydrogens is 358 g/mol. The van der Waals surface area contributed by atoms with Crippen molar-refractivity contribution in [2.24, 2.45) is 0 Å². The van der Waals surface area contributed by atoms with E-state index in [4.69, 9.17) is 4.74 Å². The van der Waals surface area contributed by atoms with Crippen LogP contribution in [0.4, 0.5) is 0 Å². The van der Waals surface area contributed by atoms with Gasteiger partial charge >= 0.3 is 11.7 Å². The highest BCUT2D eigenvalue weighted by molar-refractivity contribution is 8.00. The lowest BCUT2D eigenvalue weighted by atomic mass is 10.3. The van der Waals surface area contributed by atoms with Crippen LogP contribution in [-0.4, -0.2) is 32.9 Å². The standard InChI is InChI=1S/C17H19N3O3S2/c1-2-23-15(21)10-12-11-25-17(18-12)24-9-5-8-20-14-7-4-3-6-13(14)19-16(20)22/h3-4,6-7,11H,2,5,8-10H2,1H3,(H,19,22). The highest BCUT2D eigenvalue weighted by Gasteiger charge is 2.09. The van der Waals surface area contributed by atoms with Gasteiger partial charge in [0.1, 0.15) is 4.34 Å². The molecule has 3 aromatic rings. The SMILES string of the molecule is CCOC(=O)Cc1csc(SCCCn2c(=O)[nH]c3ccccc32)n1. The van der Waals surface area contributed by atoms with Crippen LogP contribution >= 0.6 is 23.1 Å². The van der Waals surface area contributed by atoms with Crippen LogP contribution in [0, 0.1) is 0 Å². The van der Waals surface area contributed by atoms with Gasteiger partial charge in [-0.1, -0.05) is 23.9 Å². The zero-order valence-corrected chi connectivity index (χ0v) is 15.5. The number of nitrogens with one attached hydrogen (secondary N) is 1. The maximum absolute atomic E-state index is 12.0. The van der Waals surface area contributed by atoms with Crippen molar-refractivity contribution in [3.05, 3.63) is 45.8 Å². The number of hydrogen-bond acceptors (Lipinski definition) is 6. The quantitative estimate of drug-likeness (QED) is 0.371. The second-order valence-electron chi connectivity index (χ2n) is 5.39. The molecule has 0 saturated carbocycles. The molecule has 3 rings (SSSR count). The van der Waals surface area contributed by atoms with Crippen LogP contribution in [0.3, 0.4) is 0 Å². The molecule has 132 valence electrons. The molecule has 6 nitrogen and oxygen atoms in total. The van der Waals surface area contributed by atoms with E-state index in [-0.39, 0.29) is 18.1 Å². The minimum absolute atomic E-state index is 0.0721. The maximum atomic E-state index is 12.0. The fourth-order valence-electron chi connectivity index (χ4n) is 2.51. The highest BCUT2D eigenvalue weighted by Crippen LogP contribution is 2.24. The lowest BCUT2D eigenvalue weighted by molar-refractivity contribution is -0.142. The van der Waals surface area contributed by atoms with Crippen molar-refractivity contribution < 1.29 is 9.53 Å². The van der Waals surface area contributed by atoms with Crippen molar-refractivity contribution in [2.45, 2.75) is 30.6 Å². The van der Waals surface area contributed by atoms with E-state index in [1.807, 2.05) is 29.6 Å². The highest BCUT2D eigenvalue weighted by atomic mass is 32.2. The Kier molecular flexibility index (Phi) is 5.93.